The van der Waals surface area contributed by atoms with E-state index in [0.29, 0.717) is 25.6 Å². The number of carbonyl (C=O) groups is 1. The molecule has 0 aromatic rings. The zero-order chi connectivity index (χ0) is 12.0. The van der Waals surface area contributed by atoms with Crippen molar-refractivity contribution in [3.05, 3.63) is 0 Å². The maximum atomic E-state index is 11.6. The molecule has 0 heterocycles. The summed E-state index contributed by atoms with van der Waals surface area (Å²) in [6.45, 7) is 6.46. The Morgan fingerprint density at radius 3 is 2.62 bits per heavy atom. The van der Waals surface area contributed by atoms with Crippen LogP contribution in [0.25, 0.3) is 0 Å². The molecule has 4 heteroatoms. The predicted molar refractivity (Wildman–Crippen MR) is 66.2 cm³/mol. The number of nitrogens with zero attached hydrogens (tertiary/aromatic N) is 1. The number of nitrogens with two attached hydrogens (primary N) is 1. The van der Waals surface area contributed by atoms with Crippen molar-refractivity contribution in [2.75, 3.05) is 19.6 Å². The molecule has 0 spiro atoms. The average Bonchev–Trinajstić information content (AvgIpc) is 3.07. The van der Waals surface area contributed by atoms with Crippen LogP contribution < -0.4 is 11.1 Å². The standard InChI is InChI=1S/C12H25N3O/c1-3-7-15(10-5-6-10)11(9-13)8-12(16)14-4-2/h10-11H,3-9,13H2,1-2H3,(H,14,16). The first-order valence-electron chi connectivity index (χ1n) is 6.45. The fourth-order valence-electron chi connectivity index (χ4n) is 2.15. The zero-order valence-electron chi connectivity index (χ0n) is 10.5. The van der Waals surface area contributed by atoms with E-state index < -0.39 is 0 Å². The minimum atomic E-state index is 0.125. The van der Waals surface area contributed by atoms with Crippen LogP contribution in [0.4, 0.5) is 0 Å². The third kappa shape index (κ3) is 4.10. The van der Waals surface area contributed by atoms with E-state index in [2.05, 4.69) is 17.1 Å². The van der Waals surface area contributed by atoms with Gasteiger partial charge < -0.3 is 11.1 Å². The molecule has 1 aliphatic carbocycles. The Balaban J connectivity index is 2.45. The highest BCUT2D eigenvalue weighted by Gasteiger charge is 2.33. The lowest BCUT2D eigenvalue weighted by molar-refractivity contribution is -0.122. The van der Waals surface area contributed by atoms with Crippen LogP contribution in [0.5, 0.6) is 0 Å². The third-order valence-electron chi connectivity index (χ3n) is 3.03. The molecule has 0 radical (unpaired) electrons. The lowest BCUT2D eigenvalue weighted by Gasteiger charge is -2.30. The SMILES string of the molecule is CCCN(C1CC1)C(CN)CC(=O)NCC. The van der Waals surface area contributed by atoms with Crippen molar-refractivity contribution < 1.29 is 4.79 Å². The van der Waals surface area contributed by atoms with Crippen molar-refractivity contribution in [1.82, 2.24) is 10.2 Å². The van der Waals surface area contributed by atoms with E-state index in [1.165, 1.54) is 12.8 Å². The first-order valence-corrected chi connectivity index (χ1v) is 6.45. The van der Waals surface area contributed by atoms with Crippen molar-refractivity contribution >= 4 is 5.91 Å². The van der Waals surface area contributed by atoms with Gasteiger partial charge in [-0.3, -0.25) is 9.69 Å². The van der Waals surface area contributed by atoms with Crippen molar-refractivity contribution in [3.8, 4) is 0 Å². The Morgan fingerprint density at radius 2 is 2.19 bits per heavy atom. The Hall–Kier alpha value is -0.610. The minimum Gasteiger partial charge on any atom is -0.356 e. The number of rotatable bonds is 8. The maximum absolute atomic E-state index is 11.6. The molecule has 1 unspecified atom stereocenters. The molecule has 0 bridgehead atoms. The van der Waals surface area contributed by atoms with Crippen LogP contribution in [0.2, 0.25) is 0 Å². The van der Waals surface area contributed by atoms with E-state index in [4.69, 9.17) is 5.73 Å². The second-order valence-corrected chi connectivity index (χ2v) is 4.52. The monoisotopic (exact) mass is 227 g/mol. The molecule has 1 atom stereocenters. The number of hydrogen-bond acceptors (Lipinski definition) is 3. The van der Waals surface area contributed by atoms with Gasteiger partial charge in [-0.15, -0.1) is 0 Å². The molecule has 0 saturated heterocycles. The molecular weight excluding hydrogens is 202 g/mol. The Morgan fingerprint density at radius 1 is 1.50 bits per heavy atom. The molecule has 1 aliphatic rings. The van der Waals surface area contributed by atoms with Gasteiger partial charge in [-0.25, -0.2) is 0 Å². The predicted octanol–water partition coefficient (Wildman–Crippen LogP) is 0.714. The van der Waals surface area contributed by atoms with Gasteiger partial charge in [-0.1, -0.05) is 6.92 Å². The van der Waals surface area contributed by atoms with Gasteiger partial charge in [0, 0.05) is 31.6 Å². The van der Waals surface area contributed by atoms with Crippen LogP contribution >= 0.6 is 0 Å². The van der Waals surface area contributed by atoms with E-state index in [0.717, 1.165) is 13.0 Å². The summed E-state index contributed by atoms with van der Waals surface area (Å²) in [6, 6.07) is 0.905. The Bertz CT molecular complexity index is 216. The smallest absolute Gasteiger partial charge is 0.221 e. The summed E-state index contributed by atoms with van der Waals surface area (Å²) in [6.07, 6.45) is 4.21. The van der Waals surface area contributed by atoms with E-state index in [1.54, 1.807) is 0 Å². The number of carbonyl (C=O) groups excluding carboxylic acids is 1. The lowest BCUT2D eigenvalue weighted by atomic mass is 10.1. The summed E-state index contributed by atoms with van der Waals surface area (Å²) in [7, 11) is 0. The largest absolute Gasteiger partial charge is 0.356 e. The highest BCUT2D eigenvalue weighted by Crippen LogP contribution is 2.29. The molecule has 0 aromatic heterocycles. The summed E-state index contributed by atoms with van der Waals surface area (Å²) in [5, 5.41) is 2.85. The van der Waals surface area contributed by atoms with Gasteiger partial charge >= 0.3 is 0 Å². The van der Waals surface area contributed by atoms with E-state index in [9.17, 15) is 4.79 Å². The molecule has 3 N–H and O–H groups in total. The molecule has 0 aromatic carbocycles. The molecule has 16 heavy (non-hydrogen) atoms. The van der Waals surface area contributed by atoms with Crippen molar-refractivity contribution in [3.63, 3.8) is 0 Å². The molecule has 94 valence electrons. The van der Waals surface area contributed by atoms with Crippen LogP contribution in [0, 0.1) is 0 Å². The normalized spacial score (nSPS) is 17.5. The van der Waals surface area contributed by atoms with Gasteiger partial charge in [-0.05, 0) is 32.7 Å². The highest BCUT2D eigenvalue weighted by atomic mass is 16.1. The summed E-state index contributed by atoms with van der Waals surface area (Å²) in [5.74, 6) is 0.125. The van der Waals surface area contributed by atoms with Crippen LogP contribution in [-0.4, -0.2) is 42.5 Å². The molecule has 1 fully saturated rings. The van der Waals surface area contributed by atoms with Crippen molar-refractivity contribution in [1.29, 1.82) is 0 Å². The van der Waals surface area contributed by atoms with Crippen molar-refractivity contribution in [2.24, 2.45) is 5.73 Å². The number of amides is 1. The van der Waals surface area contributed by atoms with Gasteiger partial charge in [0.05, 0.1) is 0 Å². The summed E-state index contributed by atoms with van der Waals surface area (Å²) >= 11 is 0. The third-order valence-corrected chi connectivity index (χ3v) is 3.03. The zero-order valence-corrected chi connectivity index (χ0v) is 10.5. The highest BCUT2D eigenvalue weighted by molar-refractivity contribution is 5.76. The second-order valence-electron chi connectivity index (χ2n) is 4.52. The molecule has 1 amide bonds. The van der Waals surface area contributed by atoms with E-state index in [-0.39, 0.29) is 11.9 Å². The Kier molecular flexibility index (Phi) is 5.77. The van der Waals surface area contributed by atoms with Crippen LogP contribution in [-0.2, 0) is 4.79 Å². The minimum absolute atomic E-state index is 0.125. The molecule has 1 saturated carbocycles. The van der Waals surface area contributed by atoms with Crippen LogP contribution in [0.3, 0.4) is 0 Å². The van der Waals surface area contributed by atoms with Gasteiger partial charge in [0.25, 0.3) is 0 Å². The van der Waals surface area contributed by atoms with Crippen LogP contribution in [0.15, 0.2) is 0 Å². The maximum Gasteiger partial charge on any atom is 0.221 e. The molecule has 4 nitrogen and oxygen atoms in total. The fraction of sp³-hybridized carbons (Fsp3) is 0.917. The van der Waals surface area contributed by atoms with E-state index in [1.807, 2.05) is 6.92 Å². The quantitative estimate of drug-likeness (QED) is 0.642. The lowest BCUT2D eigenvalue weighted by Crippen LogP contribution is -2.45. The number of hydrogen-bond donors (Lipinski definition) is 2. The van der Waals surface area contributed by atoms with Gasteiger partial charge in [0.1, 0.15) is 0 Å². The first kappa shape index (κ1) is 13.5. The Labute approximate surface area is 98.6 Å². The van der Waals surface area contributed by atoms with Crippen LogP contribution in [0.1, 0.15) is 39.5 Å². The summed E-state index contributed by atoms with van der Waals surface area (Å²) in [5.41, 5.74) is 5.79. The molecule has 0 aliphatic heterocycles. The molecular formula is C12H25N3O. The van der Waals surface area contributed by atoms with Gasteiger partial charge in [-0.2, -0.15) is 0 Å². The number of nitrogens with one attached hydrogen (secondary N) is 1. The molecule has 1 rings (SSSR count). The second kappa shape index (κ2) is 6.86. The van der Waals surface area contributed by atoms with E-state index >= 15 is 0 Å². The van der Waals surface area contributed by atoms with Gasteiger partial charge in [0.2, 0.25) is 5.91 Å². The topological polar surface area (TPSA) is 58.4 Å². The summed E-state index contributed by atoms with van der Waals surface area (Å²) in [4.78, 5) is 14.0. The first-order chi connectivity index (χ1) is 7.72. The fourth-order valence-corrected chi connectivity index (χ4v) is 2.15. The van der Waals surface area contributed by atoms with Gasteiger partial charge in [0.15, 0.2) is 0 Å². The van der Waals surface area contributed by atoms with Crippen molar-refractivity contribution in [2.45, 2.75) is 51.6 Å². The summed E-state index contributed by atoms with van der Waals surface area (Å²) < 4.78 is 0. The average molecular weight is 227 g/mol.